The molecular formula is C19H38O2S9. The van der Waals surface area contributed by atoms with E-state index in [1.807, 2.05) is 23.5 Å². The first-order valence-corrected chi connectivity index (χ1v) is 20.7. The number of carboxylic acids is 1. The van der Waals surface area contributed by atoms with Crippen molar-refractivity contribution in [3.8, 4) is 0 Å². The van der Waals surface area contributed by atoms with Crippen molar-refractivity contribution in [3.05, 3.63) is 0 Å². The lowest BCUT2D eigenvalue weighted by Crippen LogP contribution is -2.00. The van der Waals surface area contributed by atoms with E-state index in [9.17, 15) is 4.79 Å². The van der Waals surface area contributed by atoms with E-state index in [4.69, 9.17) is 5.11 Å². The fourth-order valence-corrected chi connectivity index (χ4v) is 11.3. The van der Waals surface area contributed by atoms with Gasteiger partial charge in [-0.15, -0.1) is 11.8 Å². The van der Waals surface area contributed by atoms with Crippen LogP contribution in [-0.2, 0) is 4.79 Å². The summed E-state index contributed by atoms with van der Waals surface area (Å²) in [4.78, 5) is 10.4. The van der Waals surface area contributed by atoms with Crippen molar-refractivity contribution in [2.45, 2.75) is 0 Å². The molecule has 0 heterocycles. The Morgan fingerprint density at radius 3 is 0.933 bits per heavy atom. The average Bonchev–Trinajstić information content (AvgIpc) is 2.73. The first-order chi connectivity index (χ1) is 14.8. The first kappa shape index (κ1) is 32.6. The molecular weight excluding hydrogens is 549 g/mol. The monoisotopic (exact) mass is 586 g/mol. The van der Waals surface area contributed by atoms with Gasteiger partial charge in [-0.1, -0.05) is 0 Å². The molecule has 1 N–H and O–H groups in total. The number of hydrogen-bond acceptors (Lipinski definition) is 10. The smallest absolute Gasteiger partial charge is 0.313 e. The fraction of sp³-hybridized carbons (Fsp3) is 0.947. The van der Waals surface area contributed by atoms with Gasteiger partial charge >= 0.3 is 5.97 Å². The molecule has 0 saturated carbocycles. The largest absolute Gasteiger partial charge is 0.481 e. The van der Waals surface area contributed by atoms with Crippen LogP contribution in [0.3, 0.4) is 0 Å². The molecule has 0 aromatic carbocycles. The normalized spacial score (nSPS) is 11.2. The molecule has 0 spiro atoms. The Kier molecular flexibility index (Phi) is 32.2. The summed E-state index contributed by atoms with van der Waals surface area (Å²) in [6.45, 7) is 0. The summed E-state index contributed by atoms with van der Waals surface area (Å²) >= 11 is 18.0. The molecule has 0 unspecified atom stereocenters. The third-order valence-corrected chi connectivity index (χ3v) is 13.8. The summed E-state index contributed by atoms with van der Waals surface area (Å²) in [5.74, 6) is 19.5. The second-order valence-corrected chi connectivity index (χ2v) is 16.4. The Morgan fingerprint density at radius 2 is 0.700 bits per heavy atom. The van der Waals surface area contributed by atoms with Crippen LogP contribution in [0, 0.1) is 0 Å². The second-order valence-electron chi connectivity index (χ2n) is 5.73. The first-order valence-electron chi connectivity index (χ1n) is 10.1. The van der Waals surface area contributed by atoms with Gasteiger partial charge in [-0.25, -0.2) is 0 Å². The van der Waals surface area contributed by atoms with Crippen molar-refractivity contribution in [1.82, 2.24) is 0 Å². The predicted molar refractivity (Wildman–Crippen MR) is 165 cm³/mol. The van der Waals surface area contributed by atoms with Gasteiger partial charge in [0.25, 0.3) is 0 Å². The molecule has 0 bridgehead atoms. The topological polar surface area (TPSA) is 37.3 Å². The van der Waals surface area contributed by atoms with Gasteiger partial charge in [-0.2, -0.15) is 94.1 Å². The highest BCUT2D eigenvalue weighted by Gasteiger charge is 1.98. The fourth-order valence-electron chi connectivity index (χ4n) is 1.84. The number of carboxylic acid groups (broad SMARTS) is 1. The summed E-state index contributed by atoms with van der Waals surface area (Å²) in [6.07, 6.45) is 2.18. The molecule has 0 rings (SSSR count). The molecule has 180 valence electrons. The van der Waals surface area contributed by atoms with E-state index in [0.29, 0.717) is 0 Å². The number of rotatable bonds is 26. The van der Waals surface area contributed by atoms with Crippen LogP contribution < -0.4 is 0 Å². The van der Waals surface area contributed by atoms with Gasteiger partial charge in [0.2, 0.25) is 0 Å². The molecule has 2 nitrogen and oxygen atoms in total. The maximum atomic E-state index is 10.4. The summed E-state index contributed by atoms with van der Waals surface area (Å²) < 4.78 is 0. The Balaban J connectivity index is 2.99. The molecule has 0 saturated heterocycles. The van der Waals surface area contributed by atoms with E-state index in [0.717, 1.165) is 11.5 Å². The van der Waals surface area contributed by atoms with Crippen molar-refractivity contribution in [3.63, 3.8) is 0 Å². The minimum absolute atomic E-state index is 0.237. The quantitative estimate of drug-likeness (QED) is 0.116. The van der Waals surface area contributed by atoms with Gasteiger partial charge < -0.3 is 5.11 Å². The van der Waals surface area contributed by atoms with Crippen LogP contribution in [0.2, 0.25) is 0 Å². The van der Waals surface area contributed by atoms with Gasteiger partial charge in [-0.3, -0.25) is 4.79 Å². The number of carbonyl (C=O) groups is 1. The lowest BCUT2D eigenvalue weighted by molar-refractivity contribution is -0.133. The average molecular weight is 587 g/mol. The molecule has 0 atom stereocenters. The van der Waals surface area contributed by atoms with E-state index >= 15 is 0 Å². The van der Waals surface area contributed by atoms with E-state index in [2.05, 4.69) is 76.8 Å². The Labute approximate surface area is 223 Å². The predicted octanol–water partition coefficient (Wildman–Crippen LogP) is 6.30. The molecule has 11 heteroatoms. The SMILES string of the molecule is CSCCSCCSCCSCCSCCSCCSCCSCCSCC(=O)O. The third kappa shape index (κ3) is 30.6. The maximum Gasteiger partial charge on any atom is 0.313 e. The van der Waals surface area contributed by atoms with Crippen molar-refractivity contribution in [2.75, 3.05) is 104 Å². The van der Waals surface area contributed by atoms with E-state index < -0.39 is 5.97 Å². The molecule has 0 amide bonds. The van der Waals surface area contributed by atoms with E-state index in [1.165, 1.54) is 92.3 Å². The van der Waals surface area contributed by atoms with Crippen molar-refractivity contribution >= 4 is 112 Å². The molecule has 0 aliphatic heterocycles. The molecule has 0 aliphatic rings. The highest BCUT2D eigenvalue weighted by atomic mass is 32.2. The molecule has 0 fully saturated rings. The number of hydrogen-bond donors (Lipinski definition) is 1. The standard InChI is InChI=1S/C19H38O2S9/c1-22-2-3-23-4-5-24-6-7-25-8-9-26-10-11-27-12-13-28-14-15-29-16-17-30-18-19(20)21/h2-18H2,1H3,(H,20,21). The Bertz CT molecular complexity index is 352. The zero-order valence-electron chi connectivity index (χ0n) is 18.1. The molecule has 0 aromatic heterocycles. The highest BCUT2D eigenvalue weighted by Crippen LogP contribution is 2.15. The Hall–Kier alpha value is 2.62. The van der Waals surface area contributed by atoms with Crippen LogP contribution >= 0.6 is 106 Å². The second kappa shape index (κ2) is 29.7. The van der Waals surface area contributed by atoms with Crippen LogP contribution in [0.4, 0.5) is 0 Å². The number of thioether (sulfide) groups is 9. The summed E-state index contributed by atoms with van der Waals surface area (Å²) in [5, 5.41) is 8.56. The van der Waals surface area contributed by atoms with Gasteiger partial charge in [0.05, 0.1) is 5.75 Å². The van der Waals surface area contributed by atoms with Crippen molar-refractivity contribution in [2.24, 2.45) is 0 Å². The Morgan fingerprint density at radius 1 is 0.467 bits per heavy atom. The molecule has 0 aromatic rings. The summed E-state index contributed by atoms with van der Waals surface area (Å²) in [5.41, 5.74) is 0. The van der Waals surface area contributed by atoms with Gasteiger partial charge in [0.1, 0.15) is 0 Å². The van der Waals surface area contributed by atoms with Crippen LogP contribution in [0.5, 0.6) is 0 Å². The maximum absolute atomic E-state index is 10.4. The van der Waals surface area contributed by atoms with Crippen LogP contribution in [0.15, 0.2) is 0 Å². The van der Waals surface area contributed by atoms with Gasteiger partial charge in [0, 0.05) is 92.0 Å². The molecule has 0 radical (unpaired) electrons. The zero-order valence-corrected chi connectivity index (χ0v) is 25.4. The molecule has 30 heavy (non-hydrogen) atoms. The lowest BCUT2D eigenvalue weighted by atomic mass is 10.8. The third-order valence-electron chi connectivity index (χ3n) is 3.26. The number of aliphatic carboxylic acids is 1. The minimum Gasteiger partial charge on any atom is -0.481 e. The summed E-state index contributed by atoms with van der Waals surface area (Å²) in [7, 11) is 0. The summed E-state index contributed by atoms with van der Waals surface area (Å²) in [6, 6.07) is 0. The van der Waals surface area contributed by atoms with Crippen LogP contribution in [-0.4, -0.2) is 115 Å². The van der Waals surface area contributed by atoms with Crippen molar-refractivity contribution in [1.29, 1.82) is 0 Å². The van der Waals surface area contributed by atoms with Crippen LogP contribution in [0.25, 0.3) is 0 Å². The van der Waals surface area contributed by atoms with Gasteiger partial charge in [0.15, 0.2) is 0 Å². The van der Waals surface area contributed by atoms with E-state index in [-0.39, 0.29) is 5.75 Å². The zero-order chi connectivity index (χ0) is 22.0. The highest BCUT2D eigenvalue weighted by molar-refractivity contribution is 8.07. The van der Waals surface area contributed by atoms with Crippen molar-refractivity contribution < 1.29 is 9.90 Å². The van der Waals surface area contributed by atoms with Gasteiger partial charge in [-0.05, 0) is 6.26 Å². The van der Waals surface area contributed by atoms with E-state index in [1.54, 1.807) is 0 Å². The van der Waals surface area contributed by atoms with Crippen LogP contribution in [0.1, 0.15) is 0 Å². The minimum atomic E-state index is -0.706. The molecule has 0 aliphatic carbocycles. The lowest BCUT2D eigenvalue weighted by Gasteiger charge is -2.04.